The van der Waals surface area contributed by atoms with Crippen LogP contribution < -0.4 is 0 Å². The van der Waals surface area contributed by atoms with Crippen molar-refractivity contribution in [2.24, 2.45) is 11.8 Å². The molecule has 4 atom stereocenters. The Kier molecular flexibility index (Phi) is 3.52. The van der Waals surface area contributed by atoms with Crippen molar-refractivity contribution in [1.82, 2.24) is 9.88 Å². The molecule has 4 heteroatoms. The van der Waals surface area contributed by atoms with E-state index >= 15 is 0 Å². The fourth-order valence-electron chi connectivity index (χ4n) is 4.73. The van der Waals surface area contributed by atoms with Gasteiger partial charge in [0.05, 0.1) is 10.7 Å². The number of carbonyl (C=O) groups excluding carboxylic acids is 1. The van der Waals surface area contributed by atoms with Gasteiger partial charge in [-0.3, -0.25) is 4.79 Å². The molecule has 2 heterocycles. The lowest BCUT2D eigenvalue weighted by molar-refractivity contribution is -0.130. The van der Waals surface area contributed by atoms with Gasteiger partial charge < -0.3 is 4.90 Å². The zero-order chi connectivity index (χ0) is 14.4. The Bertz CT molecular complexity index is 541. The normalized spacial score (nSPS) is 35.4. The van der Waals surface area contributed by atoms with Crippen LogP contribution in [-0.4, -0.2) is 28.9 Å². The third-order valence-corrected chi connectivity index (χ3v) is 6.90. The van der Waals surface area contributed by atoms with E-state index in [1.54, 1.807) is 6.92 Å². The standard InChI is InChI=1S/C17H24N2OS/c1-11(20)19-6-2-3-14(9-19)17-18-16(10-21-17)15-8-12-4-5-13(15)7-12/h10,12-15H,2-9H2,1H3/t12-,13-,14+,15+/m0/s1. The third-order valence-electron chi connectivity index (χ3n) is 5.87. The molecule has 0 aromatic carbocycles. The number of nitrogens with zero attached hydrogens (tertiary/aromatic N) is 2. The zero-order valence-corrected chi connectivity index (χ0v) is 13.6. The van der Waals surface area contributed by atoms with Crippen molar-refractivity contribution < 1.29 is 4.79 Å². The van der Waals surface area contributed by atoms with Crippen LogP contribution in [-0.2, 0) is 4.79 Å². The Morgan fingerprint density at radius 3 is 2.95 bits per heavy atom. The van der Waals surface area contributed by atoms with Gasteiger partial charge in [0.25, 0.3) is 0 Å². The first-order valence-corrected chi connectivity index (χ1v) is 9.29. The number of fused-ring (bicyclic) bond motifs is 2. The number of hydrogen-bond acceptors (Lipinski definition) is 3. The van der Waals surface area contributed by atoms with Crippen LogP contribution in [0.3, 0.4) is 0 Å². The van der Waals surface area contributed by atoms with Gasteiger partial charge in [0.15, 0.2) is 0 Å². The van der Waals surface area contributed by atoms with E-state index < -0.39 is 0 Å². The minimum absolute atomic E-state index is 0.213. The highest BCUT2D eigenvalue weighted by Crippen LogP contribution is 2.53. The van der Waals surface area contributed by atoms with Gasteiger partial charge in [-0.15, -0.1) is 11.3 Å². The molecule has 1 aromatic rings. The van der Waals surface area contributed by atoms with Gasteiger partial charge in [0, 0.05) is 37.2 Å². The van der Waals surface area contributed by atoms with Gasteiger partial charge in [0.1, 0.15) is 0 Å². The molecule has 1 saturated heterocycles. The Balaban J connectivity index is 1.48. The van der Waals surface area contributed by atoms with E-state index in [1.165, 1.54) is 42.8 Å². The summed E-state index contributed by atoms with van der Waals surface area (Å²) in [4.78, 5) is 18.6. The molecule has 2 aliphatic carbocycles. The minimum atomic E-state index is 0.213. The Morgan fingerprint density at radius 1 is 1.33 bits per heavy atom. The second-order valence-corrected chi connectivity index (χ2v) is 8.09. The maximum Gasteiger partial charge on any atom is 0.219 e. The molecule has 0 N–H and O–H groups in total. The number of carbonyl (C=O) groups is 1. The Hall–Kier alpha value is -0.900. The molecule has 0 unspecified atom stereocenters. The summed E-state index contributed by atoms with van der Waals surface area (Å²) in [7, 11) is 0. The zero-order valence-electron chi connectivity index (χ0n) is 12.8. The van der Waals surface area contributed by atoms with E-state index in [0.29, 0.717) is 5.92 Å². The Morgan fingerprint density at radius 2 is 2.24 bits per heavy atom. The van der Waals surface area contributed by atoms with Gasteiger partial charge in [-0.25, -0.2) is 4.98 Å². The monoisotopic (exact) mass is 304 g/mol. The van der Waals surface area contributed by atoms with E-state index in [2.05, 4.69) is 5.38 Å². The Labute approximate surface area is 130 Å². The van der Waals surface area contributed by atoms with Crippen LogP contribution >= 0.6 is 11.3 Å². The fraction of sp³-hybridized carbons (Fsp3) is 0.765. The topological polar surface area (TPSA) is 33.2 Å². The lowest BCUT2D eigenvalue weighted by Crippen LogP contribution is -2.37. The highest BCUT2D eigenvalue weighted by molar-refractivity contribution is 7.09. The molecule has 3 aliphatic rings. The SMILES string of the molecule is CC(=O)N1CCC[C@@H](c2nc([C@@H]3C[C@H]4CC[C@H]3C4)cs2)C1. The van der Waals surface area contributed by atoms with E-state index in [9.17, 15) is 4.79 Å². The second-order valence-electron chi connectivity index (χ2n) is 7.20. The maximum absolute atomic E-state index is 11.6. The lowest BCUT2D eigenvalue weighted by atomic mass is 9.87. The van der Waals surface area contributed by atoms with Crippen molar-refractivity contribution in [3.8, 4) is 0 Å². The molecule has 1 aromatic heterocycles. The predicted octanol–water partition coefficient (Wildman–Crippen LogP) is 3.77. The first kappa shape index (κ1) is 13.7. The summed E-state index contributed by atoms with van der Waals surface area (Å²) >= 11 is 1.83. The lowest BCUT2D eigenvalue weighted by Gasteiger charge is -2.31. The summed E-state index contributed by atoms with van der Waals surface area (Å²) in [5.74, 6) is 3.31. The molecule has 0 radical (unpaired) electrons. The number of likely N-dealkylation sites (tertiary alicyclic amines) is 1. The molecule has 1 aliphatic heterocycles. The highest BCUT2D eigenvalue weighted by Gasteiger charge is 2.41. The summed E-state index contributed by atoms with van der Waals surface area (Å²) < 4.78 is 0. The van der Waals surface area contributed by atoms with Crippen molar-refractivity contribution in [2.75, 3.05) is 13.1 Å². The summed E-state index contributed by atoms with van der Waals surface area (Å²) in [6.07, 6.45) is 8.00. The number of piperidine rings is 1. The van der Waals surface area contributed by atoms with Crippen LogP contribution in [0.25, 0.3) is 0 Å². The largest absolute Gasteiger partial charge is 0.342 e. The van der Waals surface area contributed by atoms with Crippen LogP contribution in [0.15, 0.2) is 5.38 Å². The predicted molar refractivity (Wildman–Crippen MR) is 84.5 cm³/mol. The first-order chi connectivity index (χ1) is 10.2. The fourth-order valence-corrected chi connectivity index (χ4v) is 5.74. The van der Waals surface area contributed by atoms with Crippen molar-refractivity contribution in [1.29, 1.82) is 0 Å². The van der Waals surface area contributed by atoms with Crippen molar-refractivity contribution in [2.45, 2.75) is 57.3 Å². The van der Waals surface area contributed by atoms with Crippen LogP contribution in [0.4, 0.5) is 0 Å². The first-order valence-electron chi connectivity index (χ1n) is 8.41. The molecular weight excluding hydrogens is 280 g/mol. The maximum atomic E-state index is 11.6. The average Bonchev–Trinajstić information content (AvgIpc) is 3.23. The summed E-state index contributed by atoms with van der Waals surface area (Å²) in [6, 6.07) is 0. The number of hydrogen-bond donors (Lipinski definition) is 0. The molecule has 3 nitrogen and oxygen atoms in total. The molecule has 4 rings (SSSR count). The van der Waals surface area contributed by atoms with Crippen molar-refractivity contribution >= 4 is 17.2 Å². The van der Waals surface area contributed by atoms with E-state index in [0.717, 1.165) is 37.3 Å². The molecule has 21 heavy (non-hydrogen) atoms. The number of thiazole rings is 1. The smallest absolute Gasteiger partial charge is 0.219 e. The molecule has 1 amide bonds. The molecule has 114 valence electrons. The minimum Gasteiger partial charge on any atom is -0.342 e. The van der Waals surface area contributed by atoms with E-state index in [1.807, 2.05) is 16.2 Å². The molecule has 0 spiro atoms. The van der Waals surface area contributed by atoms with Crippen LogP contribution in [0.5, 0.6) is 0 Å². The van der Waals surface area contributed by atoms with Crippen LogP contribution in [0.2, 0.25) is 0 Å². The van der Waals surface area contributed by atoms with Crippen LogP contribution in [0, 0.1) is 11.8 Å². The van der Waals surface area contributed by atoms with E-state index in [-0.39, 0.29) is 5.91 Å². The highest BCUT2D eigenvalue weighted by atomic mass is 32.1. The van der Waals surface area contributed by atoms with Gasteiger partial charge in [-0.2, -0.15) is 0 Å². The number of rotatable bonds is 2. The quantitative estimate of drug-likeness (QED) is 0.833. The molecular formula is C17H24N2OS. The van der Waals surface area contributed by atoms with Crippen LogP contribution in [0.1, 0.15) is 68.0 Å². The van der Waals surface area contributed by atoms with Gasteiger partial charge in [-0.1, -0.05) is 6.42 Å². The molecule has 3 fully saturated rings. The summed E-state index contributed by atoms with van der Waals surface area (Å²) in [6.45, 7) is 3.49. The van der Waals surface area contributed by atoms with Gasteiger partial charge in [-0.05, 0) is 43.9 Å². The van der Waals surface area contributed by atoms with E-state index in [4.69, 9.17) is 4.98 Å². The van der Waals surface area contributed by atoms with Gasteiger partial charge >= 0.3 is 0 Å². The van der Waals surface area contributed by atoms with Crippen molar-refractivity contribution in [3.63, 3.8) is 0 Å². The molecule has 2 saturated carbocycles. The summed E-state index contributed by atoms with van der Waals surface area (Å²) in [5, 5.41) is 3.59. The molecule has 2 bridgehead atoms. The van der Waals surface area contributed by atoms with Gasteiger partial charge in [0.2, 0.25) is 5.91 Å². The third kappa shape index (κ3) is 2.52. The summed E-state index contributed by atoms with van der Waals surface area (Å²) in [5.41, 5.74) is 1.36. The second kappa shape index (κ2) is 5.38. The average molecular weight is 304 g/mol. The van der Waals surface area contributed by atoms with Crippen molar-refractivity contribution in [3.05, 3.63) is 16.1 Å². The number of aromatic nitrogens is 1. The number of amides is 1.